The minimum atomic E-state index is -0.600. The maximum absolute atomic E-state index is 11.8. The van der Waals surface area contributed by atoms with Crippen LogP contribution in [-0.2, 0) is 9.47 Å². The Balaban J connectivity index is 2.14. The number of benzene rings is 1. The molecule has 1 aliphatic rings. The molecule has 2 heterocycles. The van der Waals surface area contributed by atoms with Gasteiger partial charge >= 0.3 is 5.97 Å². The largest absolute Gasteiger partial charge is 0.465 e. The molecule has 3 rings (SSSR count). The van der Waals surface area contributed by atoms with Crippen LogP contribution in [0.2, 0.25) is 0 Å². The van der Waals surface area contributed by atoms with Gasteiger partial charge in [0.2, 0.25) is 0 Å². The van der Waals surface area contributed by atoms with Crippen LogP contribution < -0.4 is 0 Å². The summed E-state index contributed by atoms with van der Waals surface area (Å²) in [6, 6.07) is 2.87. The van der Waals surface area contributed by atoms with Crippen LogP contribution in [0.3, 0.4) is 0 Å². The highest BCUT2D eigenvalue weighted by molar-refractivity contribution is 5.92. The van der Waals surface area contributed by atoms with Crippen molar-refractivity contribution in [2.75, 3.05) is 20.3 Å². The molecule has 1 atom stereocenters. The number of esters is 1. The lowest BCUT2D eigenvalue weighted by Gasteiger charge is -2.14. The Morgan fingerprint density at radius 1 is 1.50 bits per heavy atom. The molecule has 8 heteroatoms. The molecule has 1 saturated heterocycles. The summed E-state index contributed by atoms with van der Waals surface area (Å²) in [5.41, 5.74) is 0.993. The summed E-state index contributed by atoms with van der Waals surface area (Å²) in [5.74, 6) is 0.221. The topological polar surface area (TPSA) is 96.5 Å². The highest BCUT2D eigenvalue weighted by Crippen LogP contribution is 2.32. The van der Waals surface area contributed by atoms with Gasteiger partial charge in [-0.05, 0) is 25.0 Å². The minimum Gasteiger partial charge on any atom is -0.465 e. The minimum absolute atomic E-state index is 0.0974. The molecule has 1 fully saturated rings. The highest BCUT2D eigenvalue weighted by Gasteiger charge is 2.27. The molecule has 2 aromatic rings. The number of aryl methyl sites for hydroxylation is 1. The van der Waals surface area contributed by atoms with Crippen LogP contribution in [0.1, 0.15) is 34.1 Å². The number of methoxy groups -OCH3 is 1. The number of hydrogen-bond acceptors (Lipinski definition) is 6. The number of nitro groups is 1. The van der Waals surface area contributed by atoms with Gasteiger partial charge in [-0.3, -0.25) is 14.7 Å². The van der Waals surface area contributed by atoms with Gasteiger partial charge in [-0.1, -0.05) is 0 Å². The van der Waals surface area contributed by atoms with Crippen molar-refractivity contribution in [1.82, 2.24) is 9.55 Å². The first-order valence-electron chi connectivity index (χ1n) is 7.51. The van der Waals surface area contributed by atoms with Crippen LogP contribution >= 0.6 is 0 Å². The van der Waals surface area contributed by atoms with Crippen molar-refractivity contribution in [2.24, 2.45) is 0 Å². The predicted octanol–water partition coefficient (Wildman–Crippen LogP) is 2.38. The SMILES string of the molecule is COC(=O)c1cc([N+](=O)[O-])c(-n2ccnc2C2CCOC2)cc1C. The molecule has 1 aromatic carbocycles. The average Bonchev–Trinajstić information content (AvgIpc) is 3.24. The molecule has 8 nitrogen and oxygen atoms in total. The lowest BCUT2D eigenvalue weighted by atomic mass is 10.0. The molecule has 1 aliphatic heterocycles. The Labute approximate surface area is 138 Å². The summed E-state index contributed by atoms with van der Waals surface area (Å²) < 4.78 is 11.8. The fraction of sp³-hybridized carbons (Fsp3) is 0.375. The zero-order valence-electron chi connectivity index (χ0n) is 13.4. The molecule has 0 bridgehead atoms. The Kier molecular flexibility index (Phi) is 4.30. The number of nitrogens with zero attached hydrogens (tertiary/aromatic N) is 3. The number of rotatable bonds is 4. The first-order chi connectivity index (χ1) is 11.5. The van der Waals surface area contributed by atoms with E-state index >= 15 is 0 Å². The number of hydrogen-bond donors (Lipinski definition) is 0. The molecule has 0 N–H and O–H groups in total. The summed E-state index contributed by atoms with van der Waals surface area (Å²) >= 11 is 0. The van der Waals surface area contributed by atoms with Crippen molar-refractivity contribution < 1.29 is 19.2 Å². The van der Waals surface area contributed by atoms with E-state index in [-0.39, 0.29) is 17.2 Å². The Morgan fingerprint density at radius 3 is 2.92 bits per heavy atom. The van der Waals surface area contributed by atoms with E-state index in [1.165, 1.54) is 13.2 Å². The summed E-state index contributed by atoms with van der Waals surface area (Å²) in [6.07, 6.45) is 4.12. The number of aromatic nitrogens is 2. The molecule has 1 aromatic heterocycles. The second-order valence-corrected chi connectivity index (χ2v) is 5.62. The van der Waals surface area contributed by atoms with Crippen LogP contribution in [0, 0.1) is 17.0 Å². The normalized spacial score (nSPS) is 17.0. The maximum Gasteiger partial charge on any atom is 0.338 e. The lowest BCUT2D eigenvalue weighted by Crippen LogP contribution is -2.11. The molecule has 0 spiro atoms. The van der Waals surface area contributed by atoms with Crippen LogP contribution in [0.4, 0.5) is 5.69 Å². The number of carbonyl (C=O) groups is 1. The van der Waals surface area contributed by atoms with Gasteiger partial charge in [-0.25, -0.2) is 9.78 Å². The first kappa shape index (κ1) is 16.1. The fourth-order valence-electron chi connectivity index (χ4n) is 2.91. The molecule has 0 radical (unpaired) electrons. The third kappa shape index (κ3) is 2.76. The average molecular weight is 331 g/mol. The van der Waals surface area contributed by atoms with Gasteiger partial charge in [0.05, 0.1) is 24.2 Å². The molecule has 0 aliphatic carbocycles. The molecule has 126 valence electrons. The predicted molar refractivity (Wildman–Crippen MR) is 84.5 cm³/mol. The highest BCUT2D eigenvalue weighted by atomic mass is 16.6. The van der Waals surface area contributed by atoms with Gasteiger partial charge in [0.15, 0.2) is 0 Å². The number of nitro benzene ring substituents is 1. The Morgan fingerprint density at radius 2 is 2.29 bits per heavy atom. The molecular weight excluding hydrogens is 314 g/mol. The monoisotopic (exact) mass is 331 g/mol. The second kappa shape index (κ2) is 6.40. The number of ether oxygens (including phenoxy) is 2. The van der Waals surface area contributed by atoms with Crippen molar-refractivity contribution in [3.8, 4) is 5.69 Å². The quantitative estimate of drug-likeness (QED) is 0.485. The van der Waals surface area contributed by atoms with Crippen molar-refractivity contribution in [3.63, 3.8) is 0 Å². The standard InChI is InChI=1S/C16H17N3O5/c1-10-7-13(14(19(21)22)8-12(10)16(20)23-2)18-5-4-17-15(18)11-3-6-24-9-11/h4-5,7-8,11H,3,6,9H2,1-2H3. The van der Waals surface area contributed by atoms with E-state index in [2.05, 4.69) is 4.98 Å². The van der Waals surface area contributed by atoms with Gasteiger partial charge in [-0.15, -0.1) is 0 Å². The summed E-state index contributed by atoms with van der Waals surface area (Å²) in [4.78, 5) is 27.2. The second-order valence-electron chi connectivity index (χ2n) is 5.62. The molecule has 24 heavy (non-hydrogen) atoms. The Hall–Kier alpha value is -2.74. The van der Waals surface area contributed by atoms with E-state index in [0.717, 1.165) is 12.2 Å². The number of imidazole rings is 1. The molecular formula is C16H17N3O5. The van der Waals surface area contributed by atoms with Gasteiger partial charge in [0.1, 0.15) is 11.5 Å². The van der Waals surface area contributed by atoms with Crippen molar-refractivity contribution >= 4 is 11.7 Å². The smallest absolute Gasteiger partial charge is 0.338 e. The summed E-state index contributed by atoms with van der Waals surface area (Å²) in [7, 11) is 1.25. The van der Waals surface area contributed by atoms with Gasteiger partial charge < -0.3 is 9.47 Å². The Bertz CT molecular complexity index is 793. The molecule has 1 unspecified atom stereocenters. The third-order valence-corrected chi connectivity index (χ3v) is 4.15. The van der Waals surface area contributed by atoms with Crippen LogP contribution in [-0.4, -0.2) is 40.8 Å². The van der Waals surface area contributed by atoms with Gasteiger partial charge in [0.25, 0.3) is 5.69 Å². The van der Waals surface area contributed by atoms with E-state index in [1.807, 2.05) is 0 Å². The van der Waals surface area contributed by atoms with Crippen molar-refractivity contribution in [2.45, 2.75) is 19.3 Å². The lowest BCUT2D eigenvalue weighted by molar-refractivity contribution is -0.384. The van der Waals surface area contributed by atoms with E-state index in [4.69, 9.17) is 9.47 Å². The van der Waals surface area contributed by atoms with E-state index in [9.17, 15) is 14.9 Å². The number of carbonyl (C=O) groups excluding carboxylic acids is 1. The third-order valence-electron chi connectivity index (χ3n) is 4.15. The van der Waals surface area contributed by atoms with Gasteiger partial charge in [0, 0.05) is 31.0 Å². The zero-order chi connectivity index (χ0) is 17.3. The molecule has 0 amide bonds. The van der Waals surface area contributed by atoms with Gasteiger partial charge in [-0.2, -0.15) is 0 Å². The van der Waals surface area contributed by atoms with Crippen molar-refractivity contribution in [1.29, 1.82) is 0 Å². The van der Waals surface area contributed by atoms with Crippen molar-refractivity contribution in [3.05, 3.63) is 51.6 Å². The maximum atomic E-state index is 11.8. The van der Waals surface area contributed by atoms with Crippen LogP contribution in [0.15, 0.2) is 24.5 Å². The fourth-order valence-corrected chi connectivity index (χ4v) is 2.91. The zero-order valence-corrected chi connectivity index (χ0v) is 13.4. The summed E-state index contributed by atoms with van der Waals surface area (Å²) in [6.45, 7) is 2.92. The van der Waals surface area contributed by atoms with E-state index in [0.29, 0.717) is 24.5 Å². The first-order valence-corrected chi connectivity index (χ1v) is 7.51. The van der Waals surface area contributed by atoms with Crippen LogP contribution in [0.5, 0.6) is 0 Å². The molecule has 0 saturated carbocycles. The van der Waals surface area contributed by atoms with E-state index < -0.39 is 10.9 Å². The van der Waals surface area contributed by atoms with E-state index in [1.54, 1.807) is 30.0 Å². The summed E-state index contributed by atoms with van der Waals surface area (Å²) in [5, 5.41) is 11.5. The van der Waals surface area contributed by atoms with Crippen LogP contribution in [0.25, 0.3) is 5.69 Å².